The van der Waals surface area contributed by atoms with Gasteiger partial charge in [-0.3, -0.25) is 4.90 Å². The van der Waals surface area contributed by atoms with Gasteiger partial charge in [-0.15, -0.1) is 0 Å². The molecule has 0 aliphatic carbocycles. The van der Waals surface area contributed by atoms with E-state index in [0.717, 1.165) is 12.2 Å². The molecule has 0 radical (unpaired) electrons. The van der Waals surface area contributed by atoms with E-state index in [0.29, 0.717) is 24.6 Å². The van der Waals surface area contributed by atoms with Gasteiger partial charge in [0.2, 0.25) is 0 Å². The summed E-state index contributed by atoms with van der Waals surface area (Å²) >= 11 is 0. The lowest BCUT2D eigenvalue weighted by molar-refractivity contribution is 0.236. The van der Waals surface area contributed by atoms with Crippen LogP contribution in [0.15, 0.2) is 24.3 Å². The quantitative estimate of drug-likeness (QED) is 0.831. The van der Waals surface area contributed by atoms with Gasteiger partial charge in [0.1, 0.15) is 0 Å². The lowest BCUT2D eigenvalue weighted by Crippen LogP contribution is -2.53. The molecule has 5 nitrogen and oxygen atoms in total. The molecule has 1 aromatic carbocycles. The fourth-order valence-corrected chi connectivity index (χ4v) is 2.10. The van der Waals surface area contributed by atoms with Crippen LogP contribution in [0.4, 0.5) is 10.5 Å². The first-order valence-electron chi connectivity index (χ1n) is 5.94. The Morgan fingerprint density at radius 3 is 2.83 bits per heavy atom. The number of anilines is 1. The van der Waals surface area contributed by atoms with Gasteiger partial charge in [0.15, 0.2) is 0 Å². The maximum absolute atomic E-state index is 11.8. The number of nitriles is 1. The fraction of sp³-hybridized carbons (Fsp3) is 0.385. The van der Waals surface area contributed by atoms with Crippen molar-refractivity contribution >= 4 is 11.7 Å². The van der Waals surface area contributed by atoms with Crippen LogP contribution in [0.3, 0.4) is 0 Å². The van der Waals surface area contributed by atoms with Crippen LogP contribution in [-0.2, 0) is 0 Å². The zero-order valence-corrected chi connectivity index (χ0v) is 10.3. The zero-order chi connectivity index (χ0) is 13.0. The van der Waals surface area contributed by atoms with Crippen molar-refractivity contribution in [2.45, 2.75) is 0 Å². The van der Waals surface area contributed by atoms with Gasteiger partial charge < -0.3 is 10.6 Å². The lowest BCUT2D eigenvalue weighted by Gasteiger charge is -2.33. The molecule has 1 aliphatic rings. The van der Waals surface area contributed by atoms with Crippen LogP contribution in [0, 0.1) is 17.2 Å². The number of benzene rings is 1. The second-order valence-electron chi connectivity index (χ2n) is 4.38. The van der Waals surface area contributed by atoms with E-state index >= 15 is 0 Å². The third-order valence-corrected chi connectivity index (χ3v) is 3.03. The molecule has 1 saturated heterocycles. The summed E-state index contributed by atoms with van der Waals surface area (Å²) in [7, 11) is 1.91. The molecule has 18 heavy (non-hydrogen) atoms. The fourth-order valence-electron chi connectivity index (χ4n) is 2.10. The molecule has 1 aliphatic heterocycles. The van der Waals surface area contributed by atoms with E-state index in [-0.39, 0.29) is 6.03 Å². The van der Waals surface area contributed by atoms with Crippen molar-refractivity contribution in [2.24, 2.45) is 5.92 Å². The number of rotatable bonds is 3. The molecule has 1 fully saturated rings. The molecule has 1 aromatic rings. The Bertz CT molecular complexity index is 463. The monoisotopic (exact) mass is 244 g/mol. The summed E-state index contributed by atoms with van der Waals surface area (Å²) in [5.41, 5.74) is 1.43. The van der Waals surface area contributed by atoms with Crippen LogP contribution in [0.1, 0.15) is 5.56 Å². The second-order valence-corrected chi connectivity index (χ2v) is 4.38. The van der Waals surface area contributed by atoms with E-state index in [9.17, 15) is 4.79 Å². The summed E-state index contributed by atoms with van der Waals surface area (Å²) in [5.74, 6) is 0.392. The molecule has 5 heteroatoms. The minimum atomic E-state index is -0.0768. The first-order chi connectivity index (χ1) is 8.74. The lowest BCUT2D eigenvalue weighted by atomic mass is 10.1. The first kappa shape index (κ1) is 12.4. The Morgan fingerprint density at radius 2 is 2.22 bits per heavy atom. The number of nitrogens with one attached hydrogen (secondary N) is 2. The van der Waals surface area contributed by atoms with Crippen molar-refractivity contribution in [1.29, 1.82) is 5.26 Å². The third-order valence-electron chi connectivity index (χ3n) is 3.03. The standard InChI is InChI=1S/C13H16N4O/c1-15-7-11-8-16-13(18)17(9-11)12-4-2-10(6-14)3-5-12/h2-5,11,15H,7-9H2,1H3,(H,16,18). The Kier molecular flexibility index (Phi) is 3.80. The SMILES string of the molecule is CNCC1CNC(=O)N(c2ccc(C#N)cc2)C1. The predicted molar refractivity (Wildman–Crippen MR) is 69.3 cm³/mol. The molecule has 2 N–H and O–H groups in total. The molecule has 1 heterocycles. The van der Waals surface area contributed by atoms with E-state index in [4.69, 9.17) is 5.26 Å². The molecular weight excluding hydrogens is 228 g/mol. The van der Waals surface area contributed by atoms with Crippen LogP contribution in [0.25, 0.3) is 0 Å². The third kappa shape index (κ3) is 2.60. The van der Waals surface area contributed by atoms with Crippen LogP contribution >= 0.6 is 0 Å². The van der Waals surface area contributed by atoms with Crippen molar-refractivity contribution in [3.05, 3.63) is 29.8 Å². The Labute approximate surface area is 106 Å². The second kappa shape index (κ2) is 5.52. The summed E-state index contributed by atoms with van der Waals surface area (Å²) in [6, 6.07) is 9.06. The Morgan fingerprint density at radius 1 is 1.50 bits per heavy atom. The van der Waals surface area contributed by atoms with Gasteiger partial charge in [-0.05, 0) is 31.3 Å². The van der Waals surface area contributed by atoms with Gasteiger partial charge in [0.25, 0.3) is 0 Å². The number of carbonyl (C=O) groups excluding carboxylic acids is 1. The van der Waals surface area contributed by atoms with Gasteiger partial charge in [-0.1, -0.05) is 0 Å². The van der Waals surface area contributed by atoms with Gasteiger partial charge >= 0.3 is 6.03 Å². The van der Waals surface area contributed by atoms with Crippen molar-refractivity contribution in [3.8, 4) is 6.07 Å². The van der Waals surface area contributed by atoms with Crippen molar-refractivity contribution in [1.82, 2.24) is 10.6 Å². The van der Waals surface area contributed by atoms with Crippen LogP contribution < -0.4 is 15.5 Å². The molecule has 0 spiro atoms. The maximum atomic E-state index is 11.8. The average Bonchev–Trinajstić information content (AvgIpc) is 2.41. The topological polar surface area (TPSA) is 68.2 Å². The molecule has 2 amide bonds. The van der Waals surface area contributed by atoms with Crippen LogP contribution in [-0.4, -0.2) is 32.7 Å². The number of carbonyl (C=O) groups is 1. The van der Waals surface area contributed by atoms with E-state index in [1.54, 1.807) is 29.2 Å². The van der Waals surface area contributed by atoms with E-state index in [2.05, 4.69) is 16.7 Å². The summed E-state index contributed by atoms with van der Waals surface area (Å²) in [6.07, 6.45) is 0. The average molecular weight is 244 g/mol. The molecule has 2 rings (SSSR count). The summed E-state index contributed by atoms with van der Waals surface area (Å²) in [6.45, 7) is 2.26. The molecule has 0 bridgehead atoms. The minimum Gasteiger partial charge on any atom is -0.337 e. The Hall–Kier alpha value is -2.06. The Balaban J connectivity index is 2.14. The number of urea groups is 1. The van der Waals surface area contributed by atoms with Crippen LogP contribution in [0.2, 0.25) is 0 Å². The molecule has 94 valence electrons. The zero-order valence-electron chi connectivity index (χ0n) is 10.3. The number of hydrogen-bond donors (Lipinski definition) is 2. The normalized spacial score (nSPS) is 19.2. The first-order valence-corrected chi connectivity index (χ1v) is 5.94. The highest BCUT2D eigenvalue weighted by molar-refractivity contribution is 5.92. The van der Waals surface area contributed by atoms with Gasteiger partial charge in [0, 0.05) is 31.2 Å². The summed E-state index contributed by atoms with van der Waals surface area (Å²) < 4.78 is 0. The van der Waals surface area contributed by atoms with Gasteiger partial charge in [-0.25, -0.2) is 4.79 Å². The largest absolute Gasteiger partial charge is 0.337 e. The van der Waals surface area contributed by atoms with Crippen molar-refractivity contribution < 1.29 is 4.79 Å². The minimum absolute atomic E-state index is 0.0768. The smallest absolute Gasteiger partial charge is 0.321 e. The molecule has 1 atom stereocenters. The predicted octanol–water partition coefficient (Wildman–Crippen LogP) is 0.923. The highest BCUT2D eigenvalue weighted by atomic mass is 16.2. The maximum Gasteiger partial charge on any atom is 0.321 e. The van der Waals surface area contributed by atoms with Crippen LogP contribution in [0.5, 0.6) is 0 Å². The van der Waals surface area contributed by atoms with E-state index < -0.39 is 0 Å². The summed E-state index contributed by atoms with van der Waals surface area (Å²) in [4.78, 5) is 13.5. The van der Waals surface area contributed by atoms with Crippen molar-refractivity contribution in [3.63, 3.8) is 0 Å². The van der Waals surface area contributed by atoms with Gasteiger partial charge in [0.05, 0.1) is 11.6 Å². The van der Waals surface area contributed by atoms with E-state index in [1.807, 2.05) is 7.05 Å². The molecule has 0 saturated carbocycles. The molecule has 0 aromatic heterocycles. The summed E-state index contributed by atoms with van der Waals surface area (Å²) in [5, 5.41) is 14.7. The van der Waals surface area contributed by atoms with E-state index in [1.165, 1.54) is 0 Å². The highest BCUT2D eigenvalue weighted by Gasteiger charge is 2.25. The van der Waals surface area contributed by atoms with Crippen molar-refractivity contribution in [2.75, 3.05) is 31.6 Å². The van der Waals surface area contributed by atoms with Gasteiger partial charge in [-0.2, -0.15) is 5.26 Å². The highest BCUT2D eigenvalue weighted by Crippen LogP contribution is 2.19. The molecular formula is C13H16N4O. The molecule has 1 unspecified atom stereocenters. The number of amides is 2. The number of hydrogen-bond acceptors (Lipinski definition) is 3. The number of nitrogens with zero attached hydrogens (tertiary/aromatic N) is 2.